The van der Waals surface area contributed by atoms with E-state index in [-0.39, 0.29) is 28.4 Å². The Bertz CT molecular complexity index is 955. The minimum atomic E-state index is -2.65. The summed E-state index contributed by atoms with van der Waals surface area (Å²) in [5, 5.41) is 3.12. The minimum absolute atomic E-state index is 0.103. The van der Waals surface area contributed by atoms with E-state index in [1.807, 2.05) is 0 Å². The van der Waals surface area contributed by atoms with Crippen LogP contribution in [0.5, 0.6) is 0 Å². The molecule has 2 aliphatic heterocycles. The smallest absolute Gasteiger partial charge is 0.349 e. The fraction of sp³-hybridized carbons (Fsp3) is 0.630. The number of hydrogen-bond acceptors (Lipinski definition) is 5. The van der Waals surface area contributed by atoms with Gasteiger partial charge in [0.15, 0.2) is 6.29 Å². The van der Waals surface area contributed by atoms with Gasteiger partial charge in [0.1, 0.15) is 18.3 Å². The first-order valence-corrected chi connectivity index (χ1v) is 15.2. The van der Waals surface area contributed by atoms with Gasteiger partial charge in [-0.3, -0.25) is 0 Å². The van der Waals surface area contributed by atoms with Crippen LogP contribution in [-0.2, 0) is 29.7 Å². The van der Waals surface area contributed by atoms with Gasteiger partial charge in [0.2, 0.25) is 0 Å². The van der Waals surface area contributed by atoms with E-state index in [0.717, 1.165) is 17.3 Å². The standard InChI is InChI=1S/C27H39BrO5Si/c1-26(2,3)34(27(4,5)6)31-18-22-23(33-34)24(25(32-22)29-15-9-14-28)30-17-19-12-13-20-10-7-8-11-21(20)16-19/h7-8,10-13,16,22-25H,9,14-15,17-18H2,1-6H3/t22-,23-,24+,25+/m0/s1. The molecule has 0 aromatic heterocycles. The highest BCUT2D eigenvalue weighted by Gasteiger charge is 2.65. The maximum atomic E-state index is 7.01. The molecule has 0 saturated carbocycles. The van der Waals surface area contributed by atoms with Gasteiger partial charge in [0, 0.05) is 15.4 Å². The Morgan fingerprint density at radius 1 is 0.971 bits per heavy atom. The Morgan fingerprint density at radius 2 is 1.68 bits per heavy atom. The van der Waals surface area contributed by atoms with Crippen molar-refractivity contribution in [2.75, 3.05) is 18.5 Å². The van der Waals surface area contributed by atoms with Gasteiger partial charge in [0.25, 0.3) is 0 Å². The van der Waals surface area contributed by atoms with Gasteiger partial charge in [-0.15, -0.1) is 0 Å². The van der Waals surface area contributed by atoms with E-state index in [1.54, 1.807) is 0 Å². The van der Waals surface area contributed by atoms with Gasteiger partial charge in [-0.25, -0.2) is 0 Å². The number of halogens is 1. The van der Waals surface area contributed by atoms with Gasteiger partial charge in [0.05, 0.1) is 19.8 Å². The molecule has 0 spiro atoms. The highest BCUT2D eigenvalue weighted by Crippen LogP contribution is 2.55. The molecule has 7 heteroatoms. The van der Waals surface area contributed by atoms with Crippen LogP contribution in [0.4, 0.5) is 0 Å². The number of fused-ring (bicyclic) bond motifs is 2. The minimum Gasteiger partial charge on any atom is -0.391 e. The molecule has 0 N–H and O–H groups in total. The first-order chi connectivity index (χ1) is 16.1. The lowest BCUT2D eigenvalue weighted by Gasteiger charge is -2.53. The summed E-state index contributed by atoms with van der Waals surface area (Å²) < 4.78 is 32.6. The molecule has 0 radical (unpaired) electrons. The molecule has 4 atom stereocenters. The third-order valence-corrected chi connectivity index (χ3v) is 12.5. The summed E-state index contributed by atoms with van der Waals surface area (Å²) in [7, 11) is -2.65. The third-order valence-electron chi connectivity index (χ3n) is 6.81. The van der Waals surface area contributed by atoms with Crippen molar-refractivity contribution in [1.82, 2.24) is 0 Å². The second-order valence-electron chi connectivity index (χ2n) is 11.4. The summed E-state index contributed by atoms with van der Waals surface area (Å²) in [5.74, 6) is 0. The van der Waals surface area contributed by atoms with E-state index in [4.69, 9.17) is 23.1 Å². The molecule has 2 saturated heterocycles. The molecule has 0 aliphatic carbocycles. The van der Waals surface area contributed by atoms with Gasteiger partial charge < -0.3 is 23.1 Å². The molecular weight excluding hydrogens is 512 g/mol. The molecule has 0 amide bonds. The fourth-order valence-electron chi connectivity index (χ4n) is 5.39. The highest BCUT2D eigenvalue weighted by molar-refractivity contribution is 9.09. The zero-order valence-corrected chi connectivity index (χ0v) is 23.9. The Hall–Kier alpha value is -0.803. The SMILES string of the molecule is CC(C)(C)[Si]1(C(C)(C)C)OC[C@@H]2O[C@@H](OCCCBr)[C@H](OCc3ccc4ccccc4c3)[C@H]2O1. The lowest BCUT2D eigenvalue weighted by Crippen LogP contribution is -2.65. The fourth-order valence-corrected chi connectivity index (χ4v) is 10.6. The second-order valence-corrected chi connectivity index (χ2v) is 17.0. The summed E-state index contributed by atoms with van der Waals surface area (Å²) in [4.78, 5) is 0. The monoisotopic (exact) mass is 550 g/mol. The Balaban J connectivity index is 1.57. The van der Waals surface area contributed by atoms with Crippen molar-refractivity contribution in [3.8, 4) is 0 Å². The van der Waals surface area contributed by atoms with Crippen molar-refractivity contribution in [1.29, 1.82) is 0 Å². The predicted molar refractivity (Wildman–Crippen MR) is 142 cm³/mol. The van der Waals surface area contributed by atoms with Gasteiger partial charge >= 0.3 is 8.56 Å². The number of alkyl halides is 1. The molecule has 188 valence electrons. The van der Waals surface area contributed by atoms with Crippen LogP contribution in [0.2, 0.25) is 10.1 Å². The summed E-state index contributed by atoms with van der Waals surface area (Å²) in [6, 6.07) is 14.9. The molecule has 0 bridgehead atoms. The Labute approximate surface area is 213 Å². The average molecular weight is 552 g/mol. The first kappa shape index (κ1) is 26.3. The maximum Gasteiger partial charge on any atom is 0.349 e. The summed E-state index contributed by atoms with van der Waals surface area (Å²) in [6.07, 6.45) is -0.281. The van der Waals surface area contributed by atoms with Crippen molar-refractivity contribution >= 4 is 35.3 Å². The summed E-state index contributed by atoms with van der Waals surface area (Å²) >= 11 is 3.48. The lowest BCUT2D eigenvalue weighted by atomic mass is 10.1. The maximum absolute atomic E-state index is 7.01. The normalized spacial score (nSPS) is 27.1. The van der Waals surface area contributed by atoms with Crippen LogP contribution in [0, 0.1) is 0 Å². The quantitative estimate of drug-likeness (QED) is 0.218. The van der Waals surface area contributed by atoms with Crippen LogP contribution >= 0.6 is 15.9 Å². The Kier molecular flexibility index (Phi) is 7.95. The van der Waals surface area contributed by atoms with Gasteiger partial charge in [-0.2, -0.15) is 0 Å². The summed E-state index contributed by atoms with van der Waals surface area (Å²) in [5.41, 5.74) is 1.13. The van der Waals surface area contributed by atoms with Crippen LogP contribution in [0.15, 0.2) is 42.5 Å². The second kappa shape index (κ2) is 10.3. The summed E-state index contributed by atoms with van der Waals surface area (Å²) in [6.45, 7) is 15.0. The van der Waals surface area contributed by atoms with Crippen molar-refractivity contribution in [2.45, 2.75) is 89.2 Å². The van der Waals surface area contributed by atoms with Crippen LogP contribution in [0.25, 0.3) is 10.8 Å². The predicted octanol–water partition coefficient (Wildman–Crippen LogP) is 6.71. The van der Waals surface area contributed by atoms with Gasteiger partial charge in [-0.1, -0.05) is 93.9 Å². The molecule has 2 heterocycles. The largest absolute Gasteiger partial charge is 0.391 e. The van der Waals surface area contributed by atoms with E-state index in [1.165, 1.54) is 10.8 Å². The zero-order valence-electron chi connectivity index (χ0n) is 21.3. The lowest BCUT2D eigenvalue weighted by molar-refractivity contribution is -0.180. The molecular formula is C27H39BrO5Si. The van der Waals surface area contributed by atoms with E-state index in [0.29, 0.717) is 19.8 Å². The molecule has 2 aromatic rings. The molecule has 2 aliphatic rings. The third kappa shape index (κ3) is 5.17. The molecule has 5 nitrogen and oxygen atoms in total. The van der Waals surface area contributed by atoms with Crippen LogP contribution in [0.3, 0.4) is 0 Å². The van der Waals surface area contributed by atoms with E-state index >= 15 is 0 Å². The number of ether oxygens (including phenoxy) is 3. The van der Waals surface area contributed by atoms with E-state index in [2.05, 4.69) is 99.9 Å². The molecule has 34 heavy (non-hydrogen) atoms. The number of benzene rings is 2. The van der Waals surface area contributed by atoms with Crippen molar-refractivity contribution in [3.63, 3.8) is 0 Å². The highest BCUT2D eigenvalue weighted by atomic mass is 79.9. The van der Waals surface area contributed by atoms with E-state index < -0.39 is 14.9 Å². The number of rotatable bonds is 7. The van der Waals surface area contributed by atoms with Crippen molar-refractivity contribution in [2.24, 2.45) is 0 Å². The Morgan fingerprint density at radius 3 is 2.35 bits per heavy atom. The average Bonchev–Trinajstić information content (AvgIpc) is 3.12. The van der Waals surface area contributed by atoms with Crippen LogP contribution < -0.4 is 0 Å². The molecule has 4 rings (SSSR count). The molecule has 2 fully saturated rings. The van der Waals surface area contributed by atoms with Crippen LogP contribution in [-0.4, -0.2) is 51.7 Å². The molecule has 2 aromatic carbocycles. The zero-order chi connectivity index (χ0) is 24.6. The van der Waals surface area contributed by atoms with Crippen molar-refractivity contribution < 1.29 is 23.1 Å². The topological polar surface area (TPSA) is 46.2 Å². The van der Waals surface area contributed by atoms with E-state index in [9.17, 15) is 0 Å². The van der Waals surface area contributed by atoms with Crippen LogP contribution in [0.1, 0.15) is 53.5 Å². The van der Waals surface area contributed by atoms with Crippen molar-refractivity contribution in [3.05, 3.63) is 48.0 Å². The molecule has 0 unspecified atom stereocenters. The number of hydrogen-bond donors (Lipinski definition) is 0. The van der Waals surface area contributed by atoms with Gasteiger partial charge in [-0.05, 0) is 28.8 Å². The first-order valence-electron chi connectivity index (χ1n) is 12.3.